The summed E-state index contributed by atoms with van der Waals surface area (Å²) >= 11 is 1.60. The van der Waals surface area contributed by atoms with Crippen LogP contribution in [0.2, 0.25) is 0 Å². The largest absolute Gasteiger partial charge is 0.364 e. The van der Waals surface area contributed by atoms with E-state index in [9.17, 15) is 0 Å². The minimum Gasteiger partial charge on any atom is -0.364 e. The number of nitrogens with one attached hydrogen (secondary N) is 1. The van der Waals surface area contributed by atoms with Crippen molar-refractivity contribution in [2.24, 2.45) is 0 Å². The molecule has 15 heavy (non-hydrogen) atoms. The van der Waals surface area contributed by atoms with Crippen LogP contribution in [0.15, 0.2) is 17.0 Å². The number of rotatable bonds is 3. The van der Waals surface area contributed by atoms with Gasteiger partial charge in [-0.25, -0.2) is 15.0 Å². The fraction of sp³-hybridized carbons (Fsp3) is 0.300. The molecule has 2 aromatic heterocycles. The van der Waals surface area contributed by atoms with E-state index in [2.05, 4.69) is 20.3 Å². The Morgan fingerprint density at radius 1 is 1.33 bits per heavy atom. The first-order valence-corrected chi connectivity index (χ1v) is 5.61. The number of thiazole rings is 1. The van der Waals surface area contributed by atoms with E-state index in [0.29, 0.717) is 6.54 Å². The molecular weight excluding hydrogens is 208 g/mol. The van der Waals surface area contributed by atoms with Crippen LogP contribution in [0, 0.1) is 13.8 Å². The maximum absolute atomic E-state index is 4.29. The predicted octanol–water partition coefficient (Wildman–Crippen LogP) is 2.16. The normalized spacial score (nSPS) is 10.3. The summed E-state index contributed by atoms with van der Waals surface area (Å²) in [6, 6.07) is 1.93. The molecule has 4 nitrogen and oxygen atoms in total. The summed E-state index contributed by atoms with van der Waals surface area (Å²) in [6.45, 7) is 4.56. The first-order chi connectivity index (χ1) is 7.24. The number of hydrogen-bond donors (Lipinski definition) is 1. The second-order valence-corrected chi connectivity index (χ2v) is 3.99. The van der Waals surface area contributed by atoms with Gasteiger partial charge < -0.3 is 5.32 Å². The molecule has 5 heteroatoms. The summed E-state index contributed by atoms with van der Waals surface area (Å²) in [7, 11) is 0. The highest BCUT2D eigenvalue weighted by molar-refractivity contribution is 7.07. The van der Waals surface area contributed by atoms with Gasteiger partial charge in [0.05, 0.1) is 17.7 Å². The molecule has 0 atom stereocenters. The standard InChI is InChI=1S/C10H12N4S/c1-7-3-10(14-8(2)13-7)11-4-9-5-15-6-12-9/h3,5-6H,4H2,1-2H3,(H,11,13,14). The molecule has 0 aliphatic rings. The highest BCUT2D eigenvalue weighted by Gasteiger charge is 1.99. The van der Waals surface area contributed by atoms with E-state index in [1.54, 1.807) is 11.3 Å². The molecule has 78 valence electrons. The molecule has 0 amide bonds. The fourth-order valence-corrected chi connectivity index (χ4v) is 1.87. The lowest BCUT2D eigenvalue weighted by atomic mass is 10.4. The van der Waals surface area contributed by atoms with Crippen LogP contribution in [-0.4, -0.2) is 15.0 Å². The molecule has 2 aromatic rings. The average Bonchev–Trinajstić information content (AvgIpc) is 2.65. The lowest BCUT2D eigenvalue weighted by molar-refractivity contribution is 0.981. The van der Waals surface area contributed by atoms with Gasteiger partial charge in [-0.15, -0.1) is 11.3 Å². The molecule has 0 unspecified atom stereocenters. The molecule has 0 aliphatic heterocycles. The molecule has 0 saturated heterocycles. The van der Waals surface area contributed by atoms with Crippen molar-refractivity contribution in [3.05, 3.63) is 34.2 Å². The highest BCUT2D eigenvalue weighted by Crippen LogP contribution is 2.08. The van der Waals surface area contributed by atoms with Crippen LogP contribution in [0.4, 0.5) is 5.82 Å². The lowest BCUT2D eigenvalue weighted by Gasteiger charge is -2.05. The zero-order valence-corrected chi connectivity index (χ0v) is 9.51. The summed E-state index contributed by atoms with van der Waals surface area (Å²) in [5.74, 6) is 1.64. The Labute approximate surface area is 92.4 Å². The van der Waals surface area contributed by atoms with Crippen LogP contribution in [0.1, 0.15) is 17.2 Å². The lowest BCUT2D eigenvalue weighted by Crippen LogP contribution is -2.03. The van der Waals surface area contributed by atoms with E-state index in [4.69, 9.17) is 0 Å². The molecule has 0 fully saturated rings. The monoisotopic (exact) mass is 220 g/mol. The smallest absolute Gasteiger partial charge is 0.130 e. The van der Waals surface area contributed by atoms with Gasteiger partial charge in [0, 0.05) is 17.1 Å². The van der Waals surface area contributed by atoms with Gasteiger partial charge in [-0.3, -0.25) is 0 Å². The van der Waals surface area contributed by atoms with Crippen LogP contribution in [-0.2, 0) is 6.54 Å². The molecule has 0 bridgehead atoms. The van der Waals surface area contributed by atoms with Crippen LogP contribution >= 0.6 is 11.3 Å². The Morgan fingerprint density at radius 3 is 2.87 bits per heavy atom. The van der Waals surface area contributed by atoms with Gasteiger partial charge in [-0.1, -0.05) is 0 Å². The van der Waals surface area contributed by atoms with E-state index in [1.807, 2.05) is 30.8 Å². The van der Waals surface area contributed by atoms with Gasteiger partial charge in [0.15, 0.2) is 0 Å². The van der Waals surface area contributed by atoms with Crippen molar-refractivity contribution in [3.63, 3.8) is 0 Å². The summed E-state index contributed by atoms with van der Waals surface area (Å²) in [4.78, 5) is 12.7. The van der Waals surface area contributed by atoms with Gasteiger partial charge in [-0.2, -0.15) is 0 Å². The number of nitrogens with zero attached hydrogens (tertiary/aromatic N) is 3. The summed E-state index contributed by atoms with van der Waals surface area (Å²) in [5, 5.41) is 5.24. The van der Waals surface area contributed by atoms with Gasteiger partial charge in [0.1, 0.15) is 11.6 Å². The summed E-state index contributed by atoms with van der Waals surface area (Å²) < 4.78 is 0. The predicted molar refractivity (Wildman–Crippen MR) is 60.9 cm³/mol. The Hall–Kier alpha value is -1.49. The second-order valence-electron chi connectivity index (χ2n) is 3.28. The first kappa shape index (κ1) is 10.0. The molecule has 1 N–H and O–H groups in total. The maximum atomic E-state index is 4.29. The molecule has 2 heterocycles. The van der Waals surface area contributed by atoms with E-state index < -0.39 is 0 Å². The van der Waals surface area contributed by atoms with Gasteiger partial charge in [0.2, 0.25) is 0 Å². The van der Waals surface area contributed by atoms with Crippen molar-refractivity contribution in [1.29, 1.82) is 0 Å². The van der Waals surface area contributed by atoms with Crippen LogP contribution < -0.4 is 5.32 Å². The number of anilines is 1. The number of aromatic nitrogens is 3. The zero-order valence-electron chi connectivity index (χ0n) is 8.69. The molecule has 2 rings (SSSR count). The highest BCUT2D eigenvalue weighted by atomic mass is 32.1. The van der Waals surface area contributed by atoms with Gasteiger partial charge in [0.25, 0.3) is 0 Å². The van der Waals surface area contributed by atoms with Crippen molar-refractivity contribution >= 4 is 17.2 Å². The van der Waals surface area contributed by atoms with Crippen molar-refractivity contribution in [2.75, 3.05) is 5.32 Å². The number of aryl methyl sites for hydroxylation is 2. The Bertz CT molecular complexity index is 418. The van der Waals surface area contributed by atoms with E-state index in [0.717, 1.165) is 23.0 Å². The SMILES string of the molecule is Cc1cc(NCc2cscn2)nc(C)n1. The van der Waals surface area contributed by atoms with E-state index in [1.165, 1.54) is 0 Å². The first-order valence-electron chi connectivity index (χ1n) is 4.67. The zero-order chi connectivity index (χ0) is 10.7. The third-order valence-electron chi connectivity index (χ3n) is 1.90. The minimum atomic E-state index is 0.708. The van der Waals surface area contributed by atoms with Crippen molar-refractivity contribution in [1.82, 2.24) is 15.0 Å². The summed E-state index contributed by atoms with van der Waals surface area (Å²) in [5.41, 5.74) is 3.84. The Kier molecular flexibility index (Phi) is 2.91. The quantitative estimate of drug-likeness (QED) is 0.861. The minimum absolute atomic E-state index is 0.708. The summed E-state index contributed by atoms with van der Waals surface area (Å²) in [6.07, 6.45) is 0. The topological polar surface area (TPSA) is 50.7 Å². The van der Waals surface area contributed by atoms with Crippen LogP contribution in [0.25, 0.3) is 0 Å². The van der Waals surface area contributed by atoms with Crippen molar-refractivity contribution in [2.45, 2.75) is 20.4 Å². The maximum Gasteiger partial charge on any atom is 0.130 e. The molecular formula is C10H12N4S. The van der Waals surface area contributed by atoms with Gasteiger partial charge in [-0.05, 0) is 13.8 Å². The Balaban J connectivity index is 2.05. The number of hydrogen-bond acceptors (Lipinski definition) is 5. The molecule has 0 aromatic carbocycles. The fourth-order valence-electron chi connectivity index (χ4n) is 1.31. The second kappa shape index (κ2) is 4.35. The third kappa shape index (κ3) is 2.73. The molecule has 0 saturated carbocycles. The van der Waals surface area contributed by atoms with Gasteiger partial charge >= 0.3 is 0 Å². The van der Waals surface area contributed by atoms with Crippen LogP contribution in [0.3, 0.4) is 0 Å². The average molecular weight is 220 g/mol. The van der Waals surface area contributed by atoms with E-state index >= 15 is 0 Å². The Morgan fingerprint density at radius 2 is 2.20 bits per heavy atom. The van der Waals surface area contributed by atoms with Crippen LogP contribution in [0.5, 0.6) is 0 Å². The molecule has 0 radical (unpaired) electrons. The van der Waals surface area contributed by atoms with E-state index in [-0.39, 0.29) is 0 Å². The molecule has 0 aliphatic carbocycles. The van der Waals surface area contributed by atoms with Crippen molar-refractivity contribution < 1.29 is 0 Å². The third-order valence-corrected chi connectivity index (χ3v) is 2.54. The molecule has 0 spiro atoms. The van der Waals surface area contributed by atoms with Crippen molar-refractivity contribution in [3.8, 4) is 0 Å².